The molecule has 1 aromatic rings. The van der Waals surface area contributed by atoms with E-state index in [0.717, 1.165) is 0 Å². The van der Waals surface area contributed by atoms with Crippen molar-refractivity contribution in [2.75, 3.05) is 25.5 Å². The van der Waals surface area contributed by atoms with Gasteiger partial charge in [0, 0.05) is 30.5 Å². The van der Waals surface area contributed by atoms with Gasteiger partial charge >= 0.3 is 6.09 Å². The van der Waals surface area contributed by atoms with Crippen LogP contribution in [0.25, 0.3) is 0 Å². The molecule has 3 heterocycles. The maximum Gasteiger partial charge on any atom is 0.523 e. The summed E-state index contributed by atoms with van der Waals surface area (Å²) in [5, 5.41) is 23.7. The Kier molecular flexibility index (Phi) is 7.19. The Bertz CT molecular complexity index is 996. The number of hydrogen-bond donors (Lipinski definition) is 1. The number of ether oxygens (including phenoxy) is 1. The maximum absolute atomic E-state index is 13.3. The molecule has 1 saturated heterocycles. The minimum atomic E-state index is -0.675. The van der Waals surface area contributed by atoms with Crippen LogP contribution in [-0.2, 0) is 9.53 Å². The molecule has 0 radical (unpaired) electrons. The zero-order valence-corrected chi connectivity index (χ0v) is 19.3. The number of allylic oxidation sites excluding steroid dienone is 1. The molecule has 0 atom stereocenters. The second kappa shape index (κ2) is 9.70. The van der Waals surface area contributed by atoms with Crippen LogP contribution in [0.4, 0.5) is 10.6 Å². The van der Waals surface area contributed by atoms with Crippen LogP contribution in [0.15, 0.2) is 29.4 Å². The monoisotopic (exact) mass is 455 g/mol. The van der Waals surface area contributed by atoms with Crippen molar-refractivity contribution in [2.24, 2.45) is 0 Å². The van der Waals surface area contributed by atoms with Gasteiger partial charge in [-0.2, -0.15) is 19.8 Å². The van der Waals surface area contributed by atoms with Crippen LogP contribution < -0.4 is 9.80 Å². The molecular formula is C22H27N6O3S+. The van der Waals surface area contributed by atoms with Gasteiger partial charge in [0.1, 0.15) is 29.0 Å². The number of aromatic nitrogens is 1. The zero-order valence-electron chi connectivity index (χ0n) is 18.5. The van der Waals surface area contributed by atoms with Crippen LogP contribution in [0.3, 0.4) is 0 Å². The first-order chi connectivity index (χ1) is 15.2. The number of thioether (sulfide) groups is 1. The fourth-order valence-electron chi connectivity index (χ4n) is 3.81. The Hall–Kier alpha value is -2.92. The average Bonchev–Trinajstić information content (AvgIpc) is 3.25. The molecule has 0 bridgehead atoms. The van der Waals surface area contributed by atoms with E-state index in [2.05, 4.69) is 16.4 Å². The predicted octanol–water partition coefficient (Wildman–Crippen LogP) is 2.85. The highest BCUT2D eigenvalue weighted by Crippen LogP contribution is 2.32. The van der Waals surface area contributed by atoms with Crippen molar-refractivity contribution in [1.29, 1.82) is 10.5 Å². The van der Waals surface area contributed by atoms with Crippen LogP contribution >= 0.6 is 11.8 Å². The largest absolute Gasteiger partial charge is 0.523 e. The first-order valence-electron chi connectivity index (χ1n) is 10.4. The quantitative estimate of drug-likeness (QED) is 0.689. The molecule has 0 aromatic carbocycles. The molecule has 32 heavy (non-hydrogen) atoms. The third-order valence-corrected chi connectivity index (χ3v) is 6.22. The Morgan fingerprint density at radius 1 is 1.31 bits per heavy atom. The number of likely N-dealkylation sites (tertiary alicyclic amines) is 1. The third kappa shape index (κ3) is 5.10. The molecule has 0 saturated carbocycles. The summed E-state index contributed by atoms with van der Waals surface area (Å²) >= 11 is 1.42. The van der Waals surface area contributed by atoms with Crippen LogP contribution in [0.1, 0.15) is 39.2 Å². The van der Waals surface area contributed by atoms with Gasteiger partial charge in [0.2, 0.25) is 5.91 Å². The van der Waals surface area contributed by atoms with Crippen molar-refractivity contribution in [2.45, 2.75) is 45.3 Å². The molecule has 2 amide bonds. The van der Waals surface area contributed by atoms with Gasteiger partial charge in [-0.3, -0.25) is 9.69 Å². The van der Waals surface area contributed by atoms with Gasteiger partial charge in [0.25, 0.3) is 5.82 Å². The van der Waals surface area contributed by atoms with Crippen molar-refractivity contribution < 1.29 is 14.3 Å². The standard InChI is InChI=1S/C22H27N6O3S/c1-22(2,3)31-21(30)28(20-16(11-23)5-4-8-25-20)9-6-17(7-10-28)26-13-19(29)27-15-32-14-18(27)12-24/h4-5,8,14,17,26H,6-7,9-10,13,15H2,1-3H3/q+1. The molecule has 1 aromatic heterocycles. The van der Waals surface area contributed by atoms with E-state index in [9.17, 15) is 14.9 Å². The fourth-order valence-corrected chi connectivity index (χ4v) is 4.66. The molecule has 168 valence electrons. The Balaban J connectivity index is 1.72. The molecular weight excluding hydrogens is 428 g/mol. The van der Waals surface area contributed by atoms with Crippen LogP contribution in [0.5, 0.6) is 0 Å². The minimum absolute atomic E-state index is 0.0201. The maximum atomic E-state index is 13.3. The van der Waals surface area contributed by atoms with Gasteiger partial charge in [0.05, 0.1) is 25.5 Å². The predicted molar refractivity (Wildman–Crippen MR) is 121 cm³/mol. The van der Waals surface area contributed by atoms with Gasteiger partial charge in [-0.15, -0.1) is 11.8 Å². The number of pyridine rings is 1. The summed E-state index contributed by atoms with van der Waals surface area (Å²) in [4.78, 5) is 31.7. The fraction of sp³-hybridized carbons (Fsp3) is 0.500. The number of carbonyl (C=O) groups excluding carboxylic acids is 2. The highest BCUT2D eigenvalue weighted by molar-refractivity contribution is 8.02. The molecule has 2 aliphatic rings. The lowest BCUT2D eigenvalue weighted by Crippen LogP contribution is -2.62. The molecule has 3 rings (SSSR count). The second-order valence-electron chi connectivity index (χ2n) is 8.77. The number of quaternary nitrogens is 1. The number of nitrogens with zero attached hydrogens (tertiary/aromatic N) is 5. The zero-order chi connectivity index (χ0) is 23.4. The van der Waals surface area contributed by atoms with E-state index in [0.29, 0.717) is 48.9 Å². The number of piperidine rings is 1. The summed E-state index contributed by atoms with van der Waals surface area (Å²) in [6.07, 6.45) is 2.35. The Morgan fingerprint density at radius 2 is 2.03 bits per heavy atom. The number of nitrogens with one attached hydrogen (secondary N) is 1. The Morgan fingerprint density at radius 3 is 2.66 bits per heavy atom. The molecule has 1 fully saturated rings. The average molecular weight is 456 g/mol. The lowest BCUT2D eigenvalue weighted by Gasteiger charge is -2.40. The normalized spacial score (nSPS) is 23.1. The van der Waals surface area contributed by atoms with Crippen molar-refractivity contribution in [1.82, 2.24) is 19.7 Å². The Labute approximate surface area is 192 Å². The lowest BCUT2D eigenvalue weighted by atomic mass is 10.0. The molecule has 9 nitrogen and oxygen atoms in total. The third-order valence-electron chi connectivity index (χ3n) is 5.42. The molecule has 0 spiro atoms. The van der Waals surface area contributed by atoms with E-state index >= 15 is 0 Å². The van der Waals surface area contributed by atoms with Crippen molar-refractivity contribution >= 4 is 29.6 Å². The van der Waals surface area contributed by atoms with Gasteiger partial charge in [-0.05, 0) is 32.9 Å². The van der Waals surface area contributed by atoms with E-state index in [4.69, 9.17) is 10.00 Å². The first kappa shape index (κ1) is 23.7. The number of carbonyl (C=O) groups is 2. The topological polar surface area (TPSA) is 119 Å². The van der Waals surface area contributed by atoms with Gasteiger partial charge in [-0.25, -0.2) is 4.98 Å². The van der Waals surface area contributed by atoms with Gasteiger partial charge in [0.15, 0.2) is 0 Å². The summed E-state index contributed by atoms with van der Waals surface area (Å²) in [6.45, 7) is 6.34. The smallest absolute Gasteiger partial charge is 0.414 e. The van der Waals surface area contributed by atoms with Crippen LogP contribution in [0, 0.1) is 22.7 Å². The molecule has 10 heteroatoms. The van der Waals surface area contributed by atoms with Crippen molar-refractivity contribution in [3.8, 4) is 12.1 Å². The summed E-state index contributed by atoms with van der Waals surface area (Å²) in [7, 11) is 0. The first-order valence-corrected chi connectivity index (χ1v) is 11.5. The van der Waals surface area contributed by atoms with E-state index < -0.39 is 11.7 Å². The number of hydrogen-bond acceptors (Lipinski definition) is 8. The molecule has 1 N–H and O–H groups in total. The van der Waals surface area contributed by atoms with E-state index in [1.165, 1.54) is 16.7 Å². The highest BCUT2D eigenvalue weighted by atomic mass is 32.2. The van der Waals surface area contributed by atoms with Gasteiger partial charge < -0.3 is 10.1 Å². The van der Waals surface area contributed by atoms with E-state index in [-0.39, 0.29) is 23.0 Å². The number of nitriles is 2. The van der Waals surface area contributed by atoms with Crippen molar-refractivity contribution in [3.63, 3.8) is 0 Å². The summed E-state index contributed by atoms with van der Waals surface area (Å²) < 4.78 is 5.57. The molecule has 0 aliphatic carbocycles. The van der Waals surface area contributed by atoms with E-state index in [1.807, 2.05) is 26.8 Å². The number of rotatable bonds is 4. The SMILES string of the molecule is CC(C)(C)OC(=O)[N+]1(c2ncccc2C#N)CCC(NCC(=O)N2CSC=C2C#N)CC1. The van der Waals surface area contributed by atoms with Crippen molar-refractivity contribution in [3.05, 3.63) is 35.0 Å². The minimum Gasteiger partial charge on any atom is -0.414 e. The lowest BCUT2D eigenvalue weighted by molar-refractivity contribution is -0.127. The van der Waals surface area contributed by atoms with Crippen LogP contribution in [0.2, 0.25) is 0 Å². The van der Waals surface area contributed by atoms with E-state index in [1.54, 1.807) is 23.7 Å². The van der Waals surface area contributed by atoms with Gasteiger partial charge in [-0.1, -0.05) is 0 Å². The summed E-state index contributed by atoms with van der Waals surface area (Å²) in [5.41, 5.74) is 0.0399. The number of amides is 2. The summed E-state index contributed by atoms with van der Waals surface area (Å²) in [5.74, 6) is 0.693. The summed E-state index contributed by atoms with van der Waals surface area (Å²) in [6, 6.07) is 7.53. The highest BCUT2D eigenvalue weighted by Gasteiger charge is 2.48. The molecule has 2 aliphatic heterocycles. The van der Waals surface area contributed by atoms with Crippen LogP contribution in [-0.4, -0.2) is 59.0 Å². The second-order valence-corrected chi connectivity index (χ2v) is 9.60. The molecule has 0 unspecified atom stereocenters.